The van der Waals surface area contributed by atoms with Crippen molar-refractivity contribution in [2.45, 2.75) is 20.8 Å². The van der Waals surface area contributed by atoms with Crippen molar-refractivity contribution in [3.05, 3.63) is 53.1 Å². The minimum atomic E-state index is -0.000846. The topological polar surface area (TPSA) is 44.8 Å². The summed E-state index contributed by atoms with van der Waals surface area (Å²) in [5.41, 5.74) is 5.80. The van der Waals surface area contributed by atoms with Gasteiger partial charge in [-0.05, 0) is 55.7 Å². The van der Waals surface area contributed by atoms with Crippen molar-refractivity contribution in [1.29, 1.82) is 0 Å². The lowest BCUT2D eigenvalue weighted by molar-refractivity contribution is -0.117. The van der Waals surface area contributed by atoms with E-state index in [4.69, 9.17) is 4.74 Å². The Balaban J connectivity index is 1.55. The van der Waals surface area contributed by atoms with Crippen LogP contribution in [-0.4, -0.2) is 50.6 Å². The number of anilines is 2. The quantitative estimate of drug-likeness (QED) is 0.880. The zero-order valence-corrected chi connectivity index (χ0v) is 16.7. The molecular formula is C22H29N3O2. The Hall–Kier alpha value is -2.53. The van der Waals surface area contributed by atoms with Crippen LogP contribution in [-0.2, 0) is 4.79 Å². The summed E-state index contributed by atoms with van der Waals surface area (Å²) in [5, 5.41) is 2.99. The van der Waals surface area contributed by atoms with Gasteiger partial charge in [-0.1, -0.05) is 18.2 Å². The molecule has 1 saturated heterocycles. The van der Waals surface area contributed by atoms with Crippen molar-refractivity contribution in [3.63, 3.8) is 0 Å². The van der Waals surface area contributed by atoms with E-state index in [0.717, 1.165) is 37.4 Å². The summed E-state index contributed by atoms with van der Waals surface area (Å²) >= 11 is 0. The molecule has 27 heavy (non-hydrogen) atoms. The molecule has 5 nitrogen and oxygen atoms in total. The lowest BCUT2D eigenvalue weighted by Gasteiger charge is -2.36. The highest BCUT2D eigenvalue weighted by Crippen LogP contribution is 2.26. The molecule has 2 aromatic rings. The van der Waals surface area contributed by atoms with Crippen LogP contribution in [0, 0.1) is 20.8 Å². The molecule has 1 heterocycles. The lowest BCUT2D eigenvalue weighted by Crippen LogP contribution is -2.48. The summed E-state index contributed by atoms with van der Waals surface area (Å²) in [6.45, 7) is 10.4. The molecule has 0 aromatic heterocycles. The van der Waals surface area contributed by atoms with Crippen molar-refractivity contribution in [2.24, 2.45) is 0 Å². The smallest absolute Gasteiger partial charge is 0.238 e. The summed E-state index contributed by atoms with van der Waals surface area (Å²) in [6, 6.07) is 12.3. The molecule has 0 atom stereocenters. The Bertz CT molecular complexity index is 811. The van der Waals surface area contributed by atoms with E-state index in [-0.39, 0.29) is 5.91 Å². The number of hydrogen-bond donors (Lipinski definition) is 1. The normalized spacial score (nSPS) is 14.9. The van der Waals surface area contributed by atoms with E-state index >= 15 is 0 Å². The number of piperazine rings is 1. The van der Waals surface area contributed by atoms with Crippen LogP contribution in [0.5, 0.6) is 5.75 Å². The molecule has 0 spiro atoms. The number of aryl methyl sites for hydroxylation is 2. The molecular weight excluding hydrogens is 338 g/mol. The number of carbonyl (C=O) groups excluding carboxylic acids is 1. The number of amides is 1. The van der Waals surface area contributed by atoms with Gasteiger partial charge in [-0.15, -0.1) is 0 Å². The van der Waals surface area contributed by atoms with E-state index in [0.29, 0.717) is 12.3 Å². The van der Waals surface area contributed by atoms with E-state index in [2.05, 4.69) is 47.2 Å². The number of methoxy groups -OCH3 is 1. The van der Waals surface area contributed by atoms with Gasteiger partial charge in [0.1, 0.15) is 5.75 Å². The molecule has 0 unspecified atom stereocenters. The molecule has 1 N–H and O–H groups in total. The number of rotatable bonds is 5. The van der Waals surface area contributed by atoms with E-state index < -0.39 is 0 Å². The zero-order valence-electron chi connectivity index (χ0n) is 16.7. The molecule has 0 aliphatic carbocycles. The van der Waals surface area contributed by atoms with E-state index in [9.17, 15) is 4.79 Å². The Labute approximate surface area is 161 Å². The third-order valence-corrected chi connectivity index (χ3v) is 5.29. The molecule has 1 amide bonds. The van der Waals surface area contributed by atoms with Gasteiger partial charge in [0.25, 0.3) is 0 Å². The zero-order chi connectivity index (χ0) is 19.4. The van der Waals surface area contributed by atoms with E-state index in [1.165, 1.54) is 16.8 Å². The lowest BCUT2D eigenvalue weighted by atomic mass is 10.1. The van der Waals surface area contributed by atoms with Crippen LogP contribution < -0.4 is 15.0 Å². The summed E-state index contributed by atoms with van der Waals surface area (Å²) in [7, 11) is 1.62. The van der Waals surface area contributed by atoms with Crippen LogP contribution in [0.3, 0.4) is 0 Å². The van der Waals surface area contributed by atoms with Gasteiger partial charge < -0.3 is 15.0 Å². The molecule has 144 valence electrons. The number of ether oxygens (including phenoxy) is 1. The second kappa shape index (κ2) is 8.44. The number of nitrogens with one attached hydrogen (secondary N) is 1. The molecule has 1 aliphatic rings. The molecule has 1 fully saturated rings. The fraction of sp³-hybridized carbons (Fsp3) is 0.409. The second-order valence-electron chi connectivity index (χ2n) is 7.23. The van der Waals surface area contributed by atoms with Crippen molar-refractivity contribution in [2.75, 3.05) is 50.1 Å². The first-order valence-electron chi connectivity index (χ1n) is 9.46. The Morgan fingerprint density at radius 2 is 1.81 bits per heavy atom. The molecule has 0 saturated carbocycles. The van der Waals surface area contributed by atoms with Gasteiger partial charge in [0.05, 0.1) is 19.3 Å². The van der Waals surface area contributed by atoms with E-state index in [1.54, 1.807) is 7.11 Å². The fourth-order valence-electron chi connectivity index (χ4n) is 3.54. The average Bonchev–Trinajstić information content (AvgIpc) is 2.65. The highest BCUT2D eigenvalue weighted by molar-refractivity contribution is 5.93. The van der Waals surface area contributed by atoms with Gasteiger partial charge in [0, 0.05) is 31.9 Å². The van der Waals surface area contributed by atoms with Crippen molar-refractivity contribution < 1.29 is 9.53 Å². The maximum absolute atomic E-state index is 12.5. The van der Waals surface area contributed by atoms with Crippen molar-refractivity contribution in [3.8, 4) is 5.75 Å². The van der Waals surface area contributed by atoms with Crippen LogP contribution >= 0.6 is 0 Å². The highest BCUT2D eigenvalue weighted by Gasteiger charge is 2.21. The van der Waals surface area contributed by atoms with E-state index in [1.807, 2.05) is 25.1 Å². The number of hydrogen-bond acceptors (Lipinski definition) is 4. The molecule has 2 aromatic carbocycles. The van der Waals surface area contributed by atoms with Crippen LogP contribution in [0.2, 0.25) is 0 Å². The van der Waals surface area contributed by atoms with Gasteiger partial charge in [-0.25, -0.2) is 0 Å². The first-order valence-corrected chi connectivity index (χ1v) is 9.46. The molecule has 1 aliphatic heterocycles. The van der Waals surface area contributed by atoms with Gasteiger partial charge >= 0.3 is 0 Å². The van der Waals surface area contributed by atoms with Gasteiger partial charge in [0.15, 0.2) is 0 Å². The van der Waals surface area contributed by atoms with Crippen LogP contribution in [0.15, 0.2) is 36.4 Å². The highest BCUT2D eigenvalue weighted by atomic mass is 16.5. The molecule has 0 radical (unpaired) electrons. The standard InChI is InChI=1S/C22H29N3O2/c1-16-8-9-21(27-4)19(14-16)23-22(26)15-24-10-12-25(13-11-24)20-7-5-6-17(2)18(20)3/h5-9,14H,10-13,15H2,1-4H3,(H,23,26). The maximum atomic E-state index is 12.5. The first kappa shape index (κ1) is 19.2. The largest absolute Gasteiger partial charge is 0.495 e. The Morgan fingerprint density at radius 1 is 1.07 bits per heavy atom. The van der Waals surface area contributed by atoms with Crippen LogP contribution in [0.25, 0.3) is 0 Å². The molecule has 3 rings (SSSR count). The predicted octanol–water partition coefficient (Wildman–Crippen LogP) is 3.38. The van der Waals surface area contributed by atoms with Gasteiger partial charge in [0.2, 0.25) is 5.91 Å². The fourth-order valence-corrected chi connectivity index (χ4v) is 3.54. The SMILES string of the molecule is COc1ccc(C)cc1NC(=O)CN1CCN(c2cccc(C)c2C)CC1. The third-order valence-electron chi connectivity index (χ3n) is 5.29. The monoisotopic (exact) mass is 367 g/mol. The Kier molecular flexibility index (Phi) is 6.01. The summed E-state index contributed by atoms with van der Waals surface area (Å²) < 4.78 is 5.34. The van der Waals surface area contributed by atoms with Crippen molar-refractivity contribution >= 4 is 17.3 Å². The second-order valence-corrected chi connectivity index (χ2v) is 7.23. The average molecular weight is 367 g/mol. The van der Waals surface area contributed by atoms with Gasteiger partial charge in [-0.3, -0.25) is 9.69 Å². The summed E-state index contributed by atoms with van der Waals surface area (Å²) in [6.07, 6.45) is 0. The summed E-state index contributed by atoms with van der Waals surface area (Å²) in [4.78, 5) is 17.1. The number of nitrogens with zero attached hydrogens (tertiary/aromatic N) is 2. The van der Waals surface area contributed by atoms with Crippen LogP contribution in [0.1, 0.15) is 16.7 Å². The van der Waals surface area contributed by atoms with Crippen LogP contribution in [0.4, 0.5) is 11.4 Å². The van der Waals surface area contributed by atoms with Crippen molar-refractivity contribution in [1.82, 2.24) is 4.90 Å². The summed E-state index contributed by atoms with van der Waals surface area (Å²) in [5.74, 6) is 0.688. The number of benzene rings is 2. The predicted molar refractivity (Wildman–Crippen MR) is 111 cm³/mol. The third kappa shape index (κ3) is 4.61. The minimum absolute atomic E-state index is 0.000846. The molecule has 5 heteroatoms. The molecule has 0 bridgehead atoms. The maximum Gasteiger partial charge on any atom is 0.238 e. The van der Waals surface area contributed by atoms with Gasteiger partial charge in [-0.2, -0.15) is 0 Å². The first-order chi connectivity index (χ1) is 13.0. The number of carbonyl (C=O) groups is 1. The Morgan fingerprint density at radius 3 is 2.52 bits per heavy atom. The minimum Gasteiger partial charge on any atom is -0.495 e.